The number of carbonyl (C=O) groups is 1. The van der Waals surface area contributed by atoms with Crippen molar-refractivity contribution in [3.8, 4) is 0 Å². The fourth-order valence-electron chi connectivity index (χ4n) is 2.51. The van der Waals surface area contributed by atoms with E-state index in [2.05, 4.69) is 4.72 Å². The Balaban J connectivity index is 2.04. The molecule has 1 heterocycles. The number of benzene rings is 1. The first kappa shape index (κ1) is 16.0. The zero-order valence-electron chi connectivity index (χ0n) is 12.5. The molecule has 1 atom stereocenters. The summed E-state index contributed by atoms with van der Waals surface area (Å²) in [7, 11) is -3.39. The van der Waals surface area contributed by atoms with Crippen LogP contribution in [-0.2, 0) is 21.2 Å². The summed E-state index contributed by atoms with van der Waals surface area (Å²) >= 11 is 0. The van der Waals surface area contributed by atoms with Crippen LogP contribution >= 0.6 is 0 Å². The maximum atomic E-state index is 12.5. The van der Waals surface area contributed by atoms with E-state index in [-0.39, 0.29) is 11.7 Å². The van der Waals surface area contributed by atoms with Gasteiger partial charge in [0.1, 0.15) is 0 Å². The first-order valence-corrected chi connectivity index (χ1v) is 8.99. The van der Waals surface area contributed by atoms with Crippen LogP contribution in [0.3, 0.4) is 0 Å². The van der Waals surface area contributed by atoms with E-state index in [1.54, 1.807) is 11.8 Å². The van der Waals surface area contributed by atoms with E-state index in [4.69, 9.17) is 0 Å². The molecular formula is C15H22N2O3S. The van der Waals surface area contributed by atoms with Crippen molar-refractivity contribution in [3.63, 3.8) is 0 Å². The third-order valence-electron chi connectivity index (χ3n) is 3.65. The topological polar surface area (TPSA) is 66.5 Å². The molecule has 1 N–H and O–H groups in total. The maximum Gasteiger partial charge on any atom is 0.244 e. The lowest BCUT2D eigenvalue weighted by Gasteiger charge is -2.22. The third-order valence-corrected chi connectivity index (χ3v) is 5.19. The molecule has 116 valence electrons. The number of unbranched alkanes of at least 4 members (excludes halogenated alkanes) is 1. The Hall–Kier alpha value is -1.40. The summed E-state index contributed by atoms with van der Waals surface area (Å²) in [6, 6.07) is 7.00. The minimum Gasteiger partial charge on any atom is -0.310 e. The Bertz CT molecular complexity index is 613. The predicted octanol–water partition coefficient (Wildman–Crippen LogP) is 1.68. The molecule has 1 amide bonds. The van der Waals surface area contributed by atoms with E-state index in [0.717, 1.165) is 24.1 Å². The molecule has 0 bridgehead atoms. The normalized spacial score (nSPS) is 15.8. The van der Waals surface area contributed by atoms with Crippen LogP contribution < -0.4 is 9.62 Å². The number of nitrogens with zero attached hydrogens (tertiary/aromatic N) is 1. The number of hydrogen-bond donors (Lipinski definition) is 1. The van der Waals surface area contributed by atoms with Crippen molar-refractivity contribution in [3.05, 3.63) is 29.8 Å². The van der Waals surface area contributed by atoms with Gasteiger partial charge in [0.15, 0.2) is 0 Å². The molecular weight excluding hydrogens is 288 g/mol. The highest BCUT2D eigenvalue weighted by atomic mass is 32.2. The SMILES string of the molecule is CCCCS(=O)(=O)N[C@@H](C)C(=O)N1CCc2ccccc21. The Labute approximate surface area is 126 Å². The molecule has 2 rings (SSSR count). The van der Waals surface area contributed by atoms with Crippen LogP contribution in [0.25, 0.3) is 0 Å². The first-order chi connectivity index (χ1) is 9.94. The van der Waals surface area contributed by atoms with Gasteiger partial charge in [-0.3, -0.25) is 4.79 Å². The molecule has 1 aromatic carbocycles. The number of rotatable bonds is 6. The van der Waals surface area contributed by atoms with Crippen LogP contribution in [0.1, 0.15) is 32.3 Å². The molecule has 0 aromatic heterocycles. The molecule has 5 nitrogen and oxygen atoms in total. The fourth-order valence-corrected chi connectivity index (χ4v) is 3.94. The van der Waals surface area contributed by atoms with Crippen molar-refractivity contribution in [2.75, 3.05) is 17.2 Å². The second-order valence-corrected chi connectivity index (χ2v) is 7.25. The van der Waals surface area contributed by atoms with Gasteiger partial charge >= 0.3 is 0 Å². The number of nitrogens with one attached hydrogen (secondary N) is 1. The zero-order valence-corrected chi connectivity index (χ0v) is 13.3. The van der Waals surface area contributed by atoms with E-state index >= 15 is 0 Å². The number of hydrogen-bond acceptors (Lipinski definition) is 3. The second-order valence-electron chi connectivity index (χ2n) is 5.38. The van der Waals surface area contributed by atoms with Gasteiger partial charge in [-0.05, 0) is 31.4 Å². The Morgan fingerprint density at radius 1 is 1.38 bits per heavy atom. The first-order valence-electron chi connectivity index (χ1n) is 7.34. The lowest BCUT2D eigenvalue weighted by Crippen LogP contribution is -2.47. The van der Waals surface area contributed by atoms with Crippen molar-refractivity contribution in [1.29, 1.82) is 0 Å². The molecule has 0 aliphatic carbocycles. The summed E-state index contributed by atoms with van der Waals surface area (Å²) in [4.78, 5) is 14.1. The highest BCUT2D eigenvalue weighted by Gasteiger charge is 2.29. The lowest BCUT2D eigenvalue weighted by atomic mass is 10.2. The molecule has 6 heteroatoms. The number of carbonyl (C=O) groups excluding carboxylic acids is 1. The maximum absolute atomic E-state index is 12.5. The summed E-state index contributed by atoms with van der Waals surface area (Å²) in [6.45, 7) is 4.15. The Morgan fingerprint density at radius 3 is 2.81 bits per heavy atom. The summed E-state index contributed by atoms with van der Waals surface area (Å²) in [5, 5.41) is 0. The molecule has 1 aromatic rings. The minimum absolute atomic E-state index is 0.0672. The molecule has 0 spiro atoms. The fraction of sp³-hybridized carbons (Fsp3) is 0.533. The summed E-state index contributed by atoms with van der Waals surface area (Å²) in [5.41, 5.74) is 2.02. The summed E-state index contributed by atoms with van der Waals surface area (Å²) < 4.78 is 26.2. The van der Waals surface area contributed by atoms with Crippen molar-refractivity contribution in [2.45, 2.75) is 39.2 Å². The van der Waals surface area contributed by atoms with Gasteiger partial charge in [-0.2, -0.15) is 0 Å². The van der Waals surface area contributed by atoms with Crippen LogP contribution in [0, 0.1) is 0 Å². The molecule has 0 radical (unpaired) electrons. The van der Waals surface area contributed by atoms with E-state index in [1.165, 1.54) is 0 Å². The van der Waals surface area contributed by atoms with Crippen molar-refractivity contribution < 1.29 is 13.2 Å². The third kappa shape index (κ3) is 3.83. The molecule has 0 unspecified atom stereocenters. The highest BCUT2D eigenvalue weighted by molar-refractivity contribution is 7.89. The van der Waals surface area contributed by atoms with E-state index < -0.39 is 16.1 Å². The Morgan fingerprint density at radius 2 is 2.10 bits per heavy atom. The smallest absolute Gasteiger partial charge is 0.244 e. The monoisotopic (exact) mass is 310 g/mol. The number of para-hydroxylation sites is 1. The quantitative estimate of drug-likeness (QED) is 0.869. The predicted molar refractivity (Wildman–Crippen MR) is 83.8 cm³/mol. The number of sulfonamides is 1. The standard InChI is InChI=1S/C15H22N2O3S/c1-3-4-11-21(19,20)16-12(2)15(18)17-10-9-13-7-5-6-8-14(13)17/h5-8,12,16H,3-4,9-11H2,1-2H3/t12-/m0/s1. The van der Waals surface area contributed by atoms with E-state index in [1.807, 2.05) is 31.2 Å². The number of amides is 1. The summed E-state index contributed by atoms with van der Waals surface area (Å²) in [6.07, 6.45) is 2.22. The van der Waals surface area contributed by atoms with Crippen LogP contribution in [0.4, 0.5) is 5.69 Å². The van der Waals surface area contributed by atoms with Gasteiger partial charge in [0.2, 0.25) is 15.9 Å². The largest absolute Gasteiger partial charge is 0.310 e. The molecule has 1 aliphatic rings. The van der Waals surface area contributed by atoms with E-state index in [0.29, 0.717) is 13.0 Å². The van der Waals surface area contributed by atoms with Gasteiger partial charge in [0.05, 0.1) is 11.8 Å². The minimum atomic E-state index is -3.39. The second kappa shape index (κ2) is 6.58. The molecule has 0 saturated carbocycles. The van der Waals surface area contributed by atoms with Gasteiger partial charge in [-0.15, -0.1) is 0 Å². The Kier molecular flexibility index (Phi) is 5.00. The van der Waals surface area contributed by atoms with Gasteiger partial charge in [-0.25, -0.2) is 13.1 Å². The van der Waals surface area contributed by atoms with Crippen LogP contribution in [-0.4, -0.2) is 32.7 Å². The van der Waals surface area contributed by atoms with Crippen LogP contribution in [0.5, 0.6) is 0 Å². The van der Waals surface area contributed by atoms with Crippen molar-refractivity contribution in [2.24, 2.45) is 0 Å². The van der Waals surface area contributed by atoms with Crippen LogP contribution in [0.15, 0.2) is 24.3 Å². The zero-order chi connectivity index (χ0) is 15.5. The number of fused-ring (bicyclic) bond motifs is 1. The lowest BCUT2D eigenvalue weighted by molar-refractivity contribution is -0.119. The molecule has 1 aliphatic heterocycles. The van der Waals surface area contributed by atoms with Crippen molar-refractivity contribution in [1.82, 2.24) is 4.72 Å². The van der Waals surface area contributed by atoms with Crippen LogP contribution in [0.2, 0.25) is 0 Å². The van der Waals surface area contributed by atoms with Gasteiger partial charge < -0.3 is 4.90 Å². The average Bonchev–Trinajstić information content (AvgIpc) is 2.87. The molecule has 0 saturated heterocycles. The van der Waals surface area contributed by atoms with Gasteiger partial charge in [0, 0.05) is 12.2 Å². The number of anilines is 1. The molecule has 0 fully saturated rings. The van der Waals surface area contributed by atoms with Crippen molar-refractivity contribution >= 4 is 21.6 Å². The highest BCUT2D eigenvalue weighted by Crippen LogP contribution is 2.27. The van der Waals surface area contributed by atoms with Gasteiger partial charge in [-0.1, -0.05) is 31.5 Å². The average molecular weight is 310 g/mol. The van der Waals surface area contributed by atoms with E-state index in [9.17, 15) is 13.2 Å². The summed E-state index contributed by atoms with van der Waals surface area (Å²) in [5.74, 6) is -0.127. The molecule has 21 heavy (non-hydrogen) atoms. The van der Waals surface area contributed by atoms with Gasteiger partial charge in [0.25, 0.3) is 0 Å².